The van der Waals surface area contributed by atoms with E-state index in [-0.39, 0.29) is 16.6 Å². The number of nitrogen functional groups attached to an aromatic ring is 1. The van der Waals surface area contributed by atoms with Crippen LogP contribution in [-0.2, 0) is 10.8 Å². The molecule has 1 amide bonds. The summed E-state index contributed by atoms with van der Waals surface area (Å²) >= 11 is 0. The first-order chi connectivity index (χ1) is 8.97. The van der Waals surface area contributed by atoms with Crippen molar-refractivity contribution in [2.45, 2.75) is 18.6 Å². The zero-order chi connectivity index (χ0) is 14.4. The molecule has 0 fully saturated rings. The lowest BCUT2D eigenvalue weighted by Crippen LogP contribution is -2.28. The summed E-state index contributed by atoms with van der Waals surface area (Å²) in [5.74, 6) is 3.54. The van der Waals surface area contributed by atoms with Gasteiger partial charge in [-0.3, -0.25) is 9.00 Å². The van der Waals surface area contributed by atoms with Crippen LogP contribution in [0.5, 0.6) is 0 Å². The van der Waals surface area contributed by atoms with Crippen molar-refractivity contribution >= 4 is 22.5 Å². The van der Waals surface area contributed by atoms with Gasteiger partial charge in [0.1, 0.15) is 0 Å². The van der Waals surface area contributed by atoms with Gasteiger partial charge in [0.15, 0.2) is 11.6 Å². The number of hydrazine groups is 1. The molecule has 0 aliphatic carbocycles. The first-order valence-electron chi connectivity index (χ1n) is 5.69. The van der Waals surface area contributed by atoms with E-state index >= 15 is 0 Å². The summed E-state index contributed by atoms with van der Waals surface area (Å²) in [5.41, 5.74) is 1.94. The Labute approximate surface area is 113 Å². The van der Waals surface area contributed by atoms with Crippen molar-refractivity contribution in [1.29, 1.82) is 0 Å². The molecule has 0 radical (unpaired) electrons. The van der Waals surface area contributed by atoms with Crippen LogP contribution in [0, 0.1) is 5.82 Å². The number of anilines is 1. The fraction of sp³-hybridized carbons (Fsp3) is 0.455. The number of nitrogens with two attached hydrogens (primary N) is 1. The third kappa shape index (κ3) is 4.25. The molecule has 0 spiro atoms. The number of nitrogens with zero attached hydrogens (tertiary/aromatic N) is 1. The van der Waals surface area contributed by atoms with E-state index in [1.54, 1.807) is 6.26 Å². The van der Waals surface area contributed by atoms with Crippen LogP contribution in [0.1, 0.15) is 23.7 Å². The molecule has 2 unspecified atom stereocenters. The van der Waals surface area contributed by atoms with Crippen molar-refractivity contribution in [2.24, 2.45) is 5.84 Å². The van der Waals surface area contributed by atoms with Crippen LogP contribution < -0.4 is 16.6 Å². The second-order valence-electron chi connectivity index (χ2n) is 4.02. The monoisotopic (exact) mass is 288 g/mol. The van der Waals surface area contributed by atoms with Gasteiger partial charge in [-0.2, -0.15) is 0 Å². The highest BCUT2D eigenvalue weighted by Gasteiger charge is 2.15. The van der Waals surface area contributed by atoms with Crippen LogP contribution in [0.2, 0.25) is 0 Å². The van der Waals surface area contributed by atoms with E-state index in [9.17, 15) is 13.4 Å². The van der Waals surface area contributed by atoms with E-state index in [0.29, 0.717) is 13.0 Å². The first kappa shape index (κ1) is 15.5. The van der Waals surface area contributed by atoms with Gasteiger partial charge in [-0.05, 0) is 12.5 Å². The number of carbonyl (C=O) groups is 1. The maximum absolute atomic E-state index is 13.7. The number of hydrogen-bond acceptors (Lipinski definition) is 5. The quantitative estimate of drug-likeness (QED) is 0.520. The second-order valence-corrected chi connectivity index (χ2v) is 5.82. The van der Waals surface area contributed by atoms with Crippen LogP contribution in [0.15, 0.2) is 12.3 Å². The molecule has 1 aromatic heterocycles. The molecule has 0 aliphatic heterocycles. The molecule has 2 atom stereocenters. The number of rotatable bonds is 6. The summed E-state index contributed by atoms with van der Waals surface area (Å²) in [5, 5.41) is 2.54. The van der Waals surface area contributed by atoms with Crippen LogP contribution in [0.4, 0.5) is 10.2 Å². The van der Waals surface area contributed by atoms with E-state index in [4.69, 9.17) is 5.84 Å². The van der Waals surface area contributed by atoms with Crippen LogP contribution in [0.3, 0.4) is 0 Å². The zero-order valence-corrected chi connectivity index (χ0v) is 11.6. The highest BCUT2D eigenvalue weighted by atomic mass is 32.2. The largest absolute Gasteiger partial charge is 0.352 e. The molecule has 1 heterocycles. The Bertz CT molecular complexity index is 484. The van der Waals surface area contributed by atoms with Gasteiger partial charge in [0.2, 0.25) is 0 Å². The number of amides is 1. The van der Waals surface area contributed by atoms with Gasteiger partial charge in [0, 0.05) is 35.0 Å². The molecule has 0 saturated carbocycles. The topological polar surface area (TPSA) is 97.1 Å². The van der Waals surface area contributed by atoms with Gasteiger partial charge in [-0.1, -0.05) is 6.92 Å². The smallest absolute Gasteiger partial charge is 0.254 e. The van der Waals surface area contributed by atoms with Crippen molar-refractivity contribution in [3.8, 4) is 0 Å². The standard InChI is InChI=1S/C11H17FN4O2S/c1-7(19(2)18)3-5-15-11(17)8-4-6-14-10(16-13)9(8)12/h4,6-7H,3,5,13H2,1-2H3,(H,14,16)(H,15,17). The van der Waals surface area contributed by atoms with Gasteiger partial charge in [0.05, 0.1) is 5.56 Å². The van der Waals surface area contributed by atoms with E-state index in [1.165, 1.54) is 12.3 Å². The normalized spacial score (nSPS) is 13.7. The lowest BCUT2D eigenvalue weighted by Gasteiger charge is -2.10. The molecule has 8 heteroatoms. The summed E-state index contributed by atoms with van der Waals surface area (Å²) in [7, 11) is -0.941. The maximum Gasteiger partial charge on any atom is 0.254 e. The van der Waals surface area contributed by atoms with E-state index in [1.807, 2.05) is 6.92 Å². The van der Waals surface area contributed by atoms with Gasteiger partial charge in [-0.25, -0.2) is 15.2 Å². The Kier molecular flexibility index (Phi) is 5.84. The predicted molar refractivity (Wildman–Crippen MR) is 72.5 cm³/mol. The van der Waals surface area contributed by atoms with Gasteiger partial charge < -0.3 is 10.7 Å². The highest BCUT2D eigenvalue weighted by Crippen LogP contribution is 2.13. The minimum absolute atomic E-state index is 0.0242. The summed E-state index contributed by atoms with van der Waals surface area (Å²) in [6.07, 6.45) is 3.45. The molecule has 106 valence electrons. The van der Waals surface area contributed by atoms with Crippen molar-refractivity contribution < 1.29 is 13.4 Å². The fourth-order valence-electron chi connectivity index (χ4n) is 1.37. The number of carbonyl (C=O) groups excluding carboxylic acids is 1. The molecule has 4 N–H and O–H groups in total. The number of hydrogen-bond donors (Lipinski definition) is 3. The zero-order valence-electron chi connectivity index (χ0n) is 10.8. The summed E-state index contributed by atoms with van der Waals surface area (Å²) in [6, 6.07) is 1.27. The maximum atomic E-state index is 13.7. The average Bonchev–Trinajstić information content (AvgIpc) is 2.38. The first-order valence-corrected chi connectivity index (χ1v) is 7.31. The molecular weight excluding hydrogens is 271 g/mol. The van der Waals surface area contributed by atoms with Gasteiger partial charge in [0.25, 0.3) is 5.91 Å². The van der Waals surface area contributed by atoms with E-state index in [2.05, 4.69) is 15.7 Å². The third-order valence-corrected chi connectivity index (χ3v) is 4.04. The third-order valence-electron chi connectivity index (χ3n) is 2.67. The van der Waals surface area contributed by atoms with Crippen LogP contribution in [0.25, 0.3) is 0 Å². The molecule has 6 nitrogen and oxygen atoms in total. The molecule has 0 aliphatic rings. The predicted octanol–water partition coefficient (Wildman–Crippen LogP) is 0.393. The number of aromatic nitrogens is 1. The number of pyridine rings is 1. The van der Waals surface area contributed by atoms with Crippen molar-refractivity contribution in [3.05, 3.63) is 23.6 Å². The van der Waals surface area contributed by atoms with Gasteiger partial charge in [-0.15, -0.1) is 0 Å². The Balaban J connectivity index is 2.62. The van der Waals surface area contributed by atoms with E-state index in [0.717, 1.165) is 0 Å². The van der Waals surface area contributed by atoms with Crippen molar-refractivity contribution in [3.63, 3.8) is 0 Å². The Morgan fingerprint density at radius 3 is 2.89 bits per heavy atom. The van der Waals surface area contributed by atoms with Crippen LogP contribution >= 0.6 is 0 Å². The van der Waals surface area contributed by atoms with E-state index < -0.39 is 22.5 Å². The molecule has 0 saturated heterocycles. The SMILES string of the molecule is CC(CCNC(=O)c1ccnc(NN)c1F)S(C)=O. The minimum atomic E-state index is -0.941. The fourth-order valence-corrected chi connectivity index (χ4v) is 1.82. The average molecular weight is 288 g/mol. The molecule has 19 heavy (non-hydrogen) atoms. The summed E-state index contributed by atoms with van der Waals surface area (Å²) in [4.78, 5) is 15.4. The van der Waals surface area contributed by atoms with Crippen LogP contribution in [-0.4, -0.2) is 33.2 Å². The summed E-state index contributed by atoms with van der Waals surface area (Å²) in [6.45, 7) is 2.15. The van der Waals surface area contributed by atoms with Crippen molar-refractivity contribution in [1.82, 2.24) is 10.3 Å². The Morgan fingerprint density at radius 2 is 2.32 bits per heavy atom. The lowest BCUT2D eigenvalue weighted by atomic mass is 10.2. The minimum Gasteiger partial charge on any atom is -0.352 e. The highest BCUT2D eigenvalue weighted by molar-refractivity contribution is 7.84. The summed E-state index contributed by atoms with van der Waals surface area (Å²) < 4.78 is 24.9. The molecule has 0 bridgehead atoms. The second kappa shape index (κ2) is 7.15. The number of nitrogens with one attached hydrogen (secondary N) is 2. The number of halogens is 1. The molecule has 1 rings (SSSR count). The Hall–Kier alpha value is -1.54. The lowest BCUT2D eigenvalue weighted by molar-refractivity contribution is 0.0949. The Morgan fingerprint density at radius 1 is 1.63 bits per heavy atom. The van der Waals surface area contributed by atoms with Gasteiger partial charge >= 0.3 is 0 Å². The molecule has 1 aromatic rings. The van der Waals surface area contributed by atoms with Crippen molar-refractivity contribution in [2.75, 3.05) is 18.2 Å². The molecular formula is C11H17FN4O2S. The molecule has 0 aromatic carbocycles.